The van der Waals surface area contributed by atoms with Crippen molar-refractivity contribution in [1.82, 2.24) is 4.98 Å². The molecule has 1 aromatic heterocycles. The van der Waals surface area contributed by atoms with Crippen molar-refractivity contribution in [1.29, 1.82) is 0 Å². The largest absolute Gasteiger partial charge is 0.489 e. The molecule has 3 aromatic rings. The molecule has 144 valence electrons. The van der Waals surface area contributed by atoms with Gasteiger partial charge in [0.15, 0.2) is 0 Å². The molecule has 0 saturated carbocycles. The Morgan fingerprint density at radius 2 is 1.82 bits per heavy atom. The van der Waals surface area contributed by atoms with Gasteiger partial charge in [0.1, 0.15) is 17.4 Å². The van der Waals surface area contributed by atoms with Gasteiger partial charge in [-0.1, -0.05) is 42.5 Å². The Labute approximate surface area is 169 Å². The predicted octanol–water partition coefficient (Wildman–Crippen LogP) is 5.22. The molecule has 0 saturated heterocycles. The van der Waals surface area contributed by atoms with Gasteiger partial charge in [-0.2, -0.15) is 0 Å². The fraction of sp³-hybridized carbons (Fsp3) is 0.217. The number of hydrogen-bond donors (Lipinski definition) is 0. The summed E-state index contributed by atoms with van der Waals surface area (Å²) in [6.07, 6.45) is 3.96. The maximum Gasteiger partial charge on any atom is 0.331 e. The minimum atomic E-state index is -0.340. The maximum atomic E-state index is 12.0. The Morgan fingerprint density at radius 1 is 1.07 bits per heavy atom. The molecule has 4 nitrogen and oxygen atoms in total. The second kappa shape index (κ2) is 9.85. The van der Waals surface area contributed by atoms with Crippen LogP contribution in [0, 0.1) is 6.92 Å². The van der Waals surface area contributed by atoms with Crippen LogP contribution < -0.4 is 4.74 Å². The Morgan fingerprint density at radius 3 is 2.46 bits per heavy atom. The van der Waals surface area contributed by atoms with Crippen LogP contribution in [0.15, 0.2) is 66.9 Å². The highest BCUT2D eigenvalue weighted by Crippen LogP contribution is 2.25. The van der Waals surface area contributed by atoms with E-state index in [1.807, 2.05) is 67.7 Å². The second-order valence-electron chi connectivity index (χ2n) is 6.29. The van der Waals surface area contributed by atoms with Crippen molar-refractivity contribution in [2.75, 3.05) is 6.61 Å². The Hall–Kier alpha value is -2.92. The van der Waals surface area contributed by atoms with Gasteiger partial charge in [0, 0.05) is 23.6 Å². The minimum Gasteiger partial charge on any atom is -0.489 e. The van der Waals surface area contributed by atoms with Crippen molar-refractivity contribution in [3.63, 3.8) is 0 Å². The number of carbonyl (C=O) groups excluding carboxylic acids is 1. The lowest BCUT2D eigenvalue weighted by atomic mass is 10.1. The Kier molecular flexibility index (Phi) is 6.98. The average molecular weight is 394 g/mol. The summed E-state index contributed by atoms with van der Waals surface area (Å²) < 4.78 is 10.9. The molecule has 0 radical (unpaired) electrons. The molecule has 0 aliphatic carbocycles. The lowest BCUT2D eigenvalue weighted by Gasteiger charge is -2.09. The van der Waals surface area contributed by atoms with Crippen LogP contribution in [-0.4, -0.2) is 17.6 Å². The summed E-state index contributed by atoms with van der Waals surface area (Å²) in [6, 6.07) is 18.0. The molecule has 0 aliphatic heterocycles. The molecular formula is C23H23NO3S. The number of hydrogen-bond acceptors (Lipinski definition) is 5. The summed E-state index contributed by atoms with van der Waals surface area (Å²) in [6.45, 7) is 4.69. The van der Waals surface area contributed by atoms with Crippen LogP contribution in [0.1, 0.15) is 27.9 Å². The first-order valence-electron chi connectivity index (χ1n) is 9.20. The third-order valence-electron chi connectivity index (χ3n) is 4.04. The quantitative estimate of drug-likeness (QED) is 0.389. The van der Waals surface area contributed by atoms with Gasteiger partial charge in [0.2, 0.25) is 0 Å². The number of thiazole rings is 1. The zero-order valence-electron chi connectivity index (χ0n) is 16.1. The number of ether oxygens (including phenoxy) is 2. The molecule has 0 unspecified atom stereocenters. The summed E-state index contributed by atoms with van der Waals surface area (Å²) in [5.41, 5.74) is 3.07. The zero-order valence-corrected chi connectivity index (χ0v) is 16.9. The Balaban J connectivity index is 1.69. The van der Waals surface area contributed by atoms with Gasteiger partial charge in [-0.05, 0) is 42.7 Å². The van der Waals surface area contributed by atoms with E-state index < -0.39 is 0 Å². The first-order chi connectivity index (χ1) is 13.6. The summed E-state index contributed by atoms with van der Waals surface area (Å²) in [7, 11) is 0. The number of allylic oxidation sites excluding steroid dienone is 1. The minimum absolute atomic E-state index is 0.340. The van der Waals surface area contributed by atoms with Gasteiger partial charge in [-0.3, -0.25) is 0 Å². The molecule has 0 bridgehead atoms. The Bertz CT molecular complexity index is 930. The zero-order chi connectivity index (χ0) is 19.8. The van der Waals surface area contributed by atoms with Crippen molar-refractivity contribution in [3.8, 4) is 5.75 Å². The number of benzene rings is 2. The summed E-state index contributed by atoms with van der Waals surface area (Å²) >= 11 is 1.57. The monoisotopic (exact) mass is 393 g/mol. The first-order valence-corrected chi connectivity index (χ1v) is 10.0. The highest BCUT2D eigenvalue weighted by molar-refractivity contribution is 7.12. The third-order valence-corrected chi connectivity index (χ3v) is 5.03. The highest BCUT2D eigenvalue weighted by Gasteiger charge is 2.11. The molecule has 5 heteroatoms. The predicted molar refractivity (Wildman–Crippen MR) is 112 cm³/mol. The normalized spacial score (nSPS) is 11.3. The molecule has 3 rings (SSSR count). The van der Waals surface area contributed by atoms with Crippen molar-refractivity contribution in [2.45, 2.75) is 26.9 Å². The molecule has 0 N–H and O–H groups in total. The molecule has 28 heavy (non-hydrogen) atoms. The van der Waals surface area contributed by atoms with Crippen LogP contribution >= 0.6 is 11.3 Å². The van der Waals surface area contributed by atoms with Crippen molar-refractivity contribution in [3.05, 3.63) is 87.9 Å². The summed E-state index contributed by atoms with van der Waals surface area (Å²) in [5, 5.41) is 0.843. The van der Waals surface area contributed by atoms with E-state index in [1.165, 1.54) is 0 Å². The smallest absolute Gasteiger partial charge is 0.331 e. The van der Waals surface area contributed by atoms with Crippen LogP contribution in [0.5, 0.6) is 5.75 Å². The van der Waals surface area contributed by atoms with Crippen LogP contribution in [0.4, 0.5) is 0 Å². The van der Waals surface area contributed by atoms with E-state index in [1.54, 1.807) is 24.3 Å². The van der Waals surface area contributed by atoms with Crippen molar-refractivity contribution < 1.29 is 14.3 Å². The van der Waals surface area contributed by atoms with Gasteiger partial charge >= 0.3 is 5.97 Å². The first kappa shape index (κ1) is 19.8. The number of aromatic nitrogens is 1. The summed E-state index contributed by atoms with van der Waals surface area (Å²) in [5.74, 6) is 0.474. The lowest BCUT2D eigenvalue weighted by Crippen LogP contribution is -2.02. The van der Waals surface area contributed by atoms with E-state index in [4.69, 9.17) is 9.47 Å². The van der Waals surface area contributed by atoms with E-state index >= 15 is 0 Å². The molecule has 0 spiro atoms. The topological polar surface area (TPSA) is 48.4 Å². The fourth-order valence-corrected chi connectivity index (χ4v) is 3.46. The van der Waals surface area contributed by atoms with Crippen molar-refractivity contribution in [2.24, 2.45) is 0 Å². The van der Waals surface area contributed by atoms with Gasteiger partial charge < -0.3 is 9.47 Å². The van der Waals surface area contributed by atoms with Crippen LogP contribution in [0.25, 0.3) is 5.57 Å². The molecule has 2 aromatic carbocycles. The molecule has 1 heterocycles. The highest BCUT2D eigenvalue weighted by atomic mass is 32.1. The summed E-state index contributed by atoms with van der Waals surface area (Å²) in [4.78, 5) is 17.5. The molecule has 0 fully saturated rings. The number of rotatable bonds is 8. The SMILES string of the molecule is CCOC(=O)/C=C(\Cc1ccc(OCc2ccccc2)cc1)c1ncc(C)s1. The van der Waals surface area contributed by atoms with E-state index in [9.17, 15) is 4.79 Å². The molecular weight excluding hydrogens is 370 g/mol. The van der Waals surface area contributed by atoms with E-state index in [2.05, 4.69) is 4.98 Å². The molecule has 0 amide bonds. The van der Waals surface area contributed by atoms with Crippen molar-refractivity contribution >= 4 is 22.9 Å². The number of nitrogens with zero attached hydrogens (tertiary/aromatic N) is 1. The number of esters is 1. The van der Waals surface area contributed by atoms with Crippen LogP contribution in [-0.2, 0) is 22.6 Å². The van der Waals surface area contributed by atoms with Crippen LogP contribution in [0.2, 0.25) is 0 Å². The lowest BCUT2D eigenvalue weighted by molar-refractivity contribution is -0.137. The third kappa shape index (κ3) is 5.79. The van der Waals surface area contributed by atoms with Gasteiger partial charge in [0.25, 0.3) is 0 Å². The van der Waals surface area contributed by atoms with Gasteiger partial charge in [-0.15, -0.1) is 11.3 Å². The van der Waals surface area contributed by atoms with Crippen LogP contribution in [0.3, 0.4) is 0 Å². The van der Waals surface area contributed by atoms with Gasteiger partial charge in [-0.25, -0.2) is 9.78 Å². The van der Waals surface area contributed by atoms with E-state index in [0.717, 1.165) is 32.3 Å². The second-order valence-corrected chi connectivity index (χ2v) is 7.53. The molecule has 0 atom stereocenters. The standard InChI is InChI=1S/C23H23NO3S/c1-3-26-22(25)14-20(23-24-15-17(2)28-23)13-18-9-11-21(12-10-18)27-16-19-7-5-4-6-8-19/h4-12,14-15H,3,13,16H2,1-2H3/b20-14+. The molecule has 0 aliphatic rings. The number of aryl methyl sites for hydroxylation is 1. The maximum absolute atomic E-state index is 12.0. The average Bonchev–Trinajstić information content (AvgIpc) is 3.14. The fourth-order valence-electron chi connectivity index (χ4n) is 2.68. The van der Waals surface area contributed by atoms with E-state index in [0.29, 0.717) is 19.6 Å². The van der Waals surface area contributed by atoms with Gasteiger partial charge in [0.05, 0.1) is 6.61 Å². The number of carbonyl (C=O) groups is 1. The van der Waals surface area contributed by atoms with E-state index in [-0.39, 0.29) is 5.97 Å².